The van der Waals surface area contributed by atoms with Crippen LogP contribution in [0.2, 0.25) is 0 Å². The molecule has 0 amide bonds. The normalized spacial score (nSPS) is 10.8. The topological polar surface area (TPSA) is 51.5 Å². The fourth-order valence-corrected chi connectivity index (χ4v) is 2.97. The number of fused-ring (bicyclic) bond motifs is 1. The van der Waals surface area contributed by atoms with Crippen LogP contribution in [0.5, 0.6) is 5.75 Å². The number of benzene rings is 3. The van der Waals surface area contributed by atoms with Gasteiger partial charge in [-0.15, -0.1) is 0 Å². The van der Waals surface area contributed by atoms with Gasteiger partial charge in [0.25, 0.3) is 0 Å². The number of aromatic carboxylic acids is 1. The second-order valence-electron chi connectivity index (χ2n) is 6.04. The molecule has 0 bridgehead atoms. The van der Waals surface area contributed by atoms with Gasteiger partial charge in [-0.05, 0) is 48.0 Å². The minimum Gasteiger partial charge on any atom is -0.489 e. The zero-order valence-electron chi connectivity index (χ0n) is 14.0. The first-order valence-corrected chi connectivity index (χ1v) is 8.32. The van der Waals surface area contributed by atoms with E-state index in [1.807, 2.05) is 71.4 Å². The van der Waals surface area contributed by atoms with Crippen molar-refractivity contribution < 1.29 is 14.6 Å². The van der Waals surface area contributed by atoms with Crippen molar-refractivity contribution in [3.8, 4) is 11.4 Å². The third-order valence-electron chi connectivity index (χ3n) is 4.28. The monoisotopic (exact) mass is 343 g/mol. The van der Waals surface area contributed by atoms with Crippen molar-refractivity contribution in [1.29, 1.82) is 0 Å². The predicted molar refractivity (Wildman–Crippen MR) is 101 cm³/mol. The van der Waals surface area contributed by atoms with E-state index in [1.165, 1.54) is 0 Å². The molecule has 0 spiro atoms. The molecule has 128 valence electrons. The maximum Gasteiger partial charge on any atom is 0.335 e. The Hall–Kier alpha value is -3.53. The highest BCUT2D eigenvalue weighted by Crippen LogP contribution is 2.25. The molecule has 0 atom stereocenters. The van der Waals surface area contributed by atoms with Gasteiger partial charge in [-0.25, -0.2) is 4.79 Å². The van der Waals surface area contributed by atoms with E-state index in [4.69, 9.17) is 4.74 Å². The summed E-state index contributed by atoms with van der Waals surface area (Å²) in [6, 6.07) is 24.9. The molecule has 4 aromatic rings. The molecule has 1 N–H and O–H groups in total. The lowest BCUT2D eigenvalue weighted by Gasteiger charge is -2.09. The van der Waals surface area contributed by atoms with Crippen molar-refractivity contribution in [2.75, 3.05) is 0 Å². The molecule has 4 rings (SSSR count). The highest BCUT2D eigenvalue weighted by molar-refractivity contribution is 5.89. The Labute approximate surface area is 150 Å². The zero-order valence-corrected chi connectivity index (χ0v) is 14.0. The van der Waals surface area contributed by atoms with Gasteiger partial charge in [0.2, 0.25) is 0 Å². The van der Waals surface area contributed by atoms with Crippen molar-refractivity contribution in [1.82, 2.24) is 4.57 Å². The first-order chi connectivity index (χ1) is 12.7. The van der Waals surface area contributed by atoms with Gasteiger partial charge >= 0.3 is 5.97 Å². The van der Waals surface area contributed by atoms with E-state index in [9.17, 15) is 9.90 Å². The first kappa shape index (κ1) is 16.0. The van der Waals surface area contributed by atoms with Crippen molar-refractivity contribution in [3.05, 3.63) is 96.2 Å². The number of nitrogens with zero attached hydrogens (tertiary/aromatic N) is 1. The van der Waals surface area contributed by atoms with E-state index in [-0.39, 0.29) is 5.56 Å². The minimum atomic E-state index is -0.931. The Balaban J connectivity index is 1.61. The minimum absolute atomic E-state index is 0.271. The maximum atomic E-state index is 11.2. The maximum absolute atomic E-state index is 11.2. The average molecular weight is 343 g/mol. The standard InChI is InChI=1S/C22H17NO3/c24-22(25)18-7-4-8-19(13-18)23-12-11-17-14-20(9-10-21(17)23)26-15-16-5-2-1-3-6-16/h1-14H,15H2,(H,24,25). The summed E-state index contributed by atoms with van der Waals surface area (Å²) in [6.07, 6.45) is 1.94. The van der Waals surface area contributed by atoms with E-state index >= 15 is 0 Å². The summed E-state index contributed by atoms with van der Waals surface area (Å²) in [5.74, 6) is -0.127. The molecule has 1 heterocycles. The second kappa shape index (κ2) is 6.76. The fraction of sp³-hybridized carbons (Fsp3) is 0.0455. The summed E-state index contributed by atoms with van der Waals surface area (Å²) >= 11 is 0. The van der Waals surface area contributed by atoms with E-state index in [0.717, 1.165) is 27.9 Å². The number of carboxylic acid groups (broad SMARTS) is 1. The molecule has 4 nitrogen and oxygen atoms in total. The van der Waals surface area contributed by atoms with Gasteiger partial charge in [-0.1, -0.05) is 36.4 Å². The molecule has 26 heavy (non-hydrogen) atoms. The van der Waals surface area contributed by atoms with Crippen LogP contribution in [-0.2, 0) is 6.61 Å². The Morgan fingerprint density at radius 2 is 1.77 bits per heavy atom. The Morgan fingerprint density at radius 1 is 0.923 bits per heavy atom. The van der Waals surface area contributed by atoms with Gasteiger partial charge in [0.15, 0.2) is 0 Å². The zero-order chi connectivity index (χ0) is 17.9. The van der Waals surface area contributed by atoms with Gasteiger partial charge in [0.1, 0.15) is 12.4 Å². The number of hydrogen-bond acceptors (Lipinski definition) is 2. The fourth-order valence-electron chi connectivity index (χ4n) is 2.97. The molecular weight excluding hydrogens is 326 g/mol. The van der Waals surface area contributed by atoms with Crippen molar-refractivity contribution in [2.45, 2.75) is 6.61 Å². The van der Waals surface area contributed by atoms with Crippen LogP contribution in [0.1, 0.15) is 15.9 Å². The van der Waals surface area contributed by atoms with Crippen LogP contribution >= 0.6 is 0 Å². The number of hydrogen-bond donors (Lipinski definition) is 1. The van der Waals surface area contributed by atoms with Crippen molar-refractivity contribution in [2.24, 2.45) is 0 Å². The van der Waals surface area contributed by atoms with Gasteiger partial charge in [0.05, 0.1) is 11.1 Å². The van der Waals surface area contributed by atoms with Crippen LogP contribution in [0.4, 0.5) is 0 Å². The van der Waals surface area contributed by atoms with Gasteiger partial charge in [-0.2, -0.15) is 0 Å². The third-order valence-corrected chi connectivity index (χ3v) is 4.28. The molecule has 0 aliphatic carbocycles. The van der Waals surface area contributed by atoms with E-state index < -0.39 is 5.97 Å². The van der Waals surface area contributed by atoms with Crippen LogP contribution in [0, 0.1) is 0 Å². The summed E-state index contributed by atoms with van der Waals surface area (Å²) in [4.78, 5) is 11.2. The van der Waals surface area contributed by atoms with E-state index in [0.29, 0.717) is 6.61 Å². The second-order valence-corrected chi connectivity index (χ2v) is 6.04. The van der Waals surface area contributed by atoms with Crippen LogP contribution in [-0.4, -0.2) is 15.6 Å². The molecule has 1 aromatic heterocycles. The number of carboxylic acids is 1. The van der Waals surface area contributed by atoms with E-state index in [1.54, 1.807) is 18.2 Å². The number of carbonyl (C=O) groups is 1. The molecule has 0 radical (unpaired) electrons. The lowest BCUT2D eigenvalue weighted by molar-refractivity contribution is 0.0697. The molecule has 0 saturated heterocycles. The van der Waals surface area contributed by atoms with Crippen molar-refractivity contribution in [3.63, 3.8) is 0 Å². The van der Waals surface area contributed by atoms with Gasteiger partial charge in [-0.3, -0.25) is 0 Å². The Morgan fingerprint density at radius 3 is 2.58 bits per heavy atom. The smallest absolute Gasteiger partial charge is 0.335 e. The SMILES string of the molecule is O=C(O)c1cccc(-n2ccc3cc(OCc4ccccc4)ccc32)c1. The third kappa shape index (κ3) is 3.17. The Kier molecular flexibility index (Phi) is 4.15. The number of rotatable bonds is 5. The quantitative estimate of drug-likeness (QED) is 0.560. The highest BCUT2D eigenvalue weighted by atomic mass is 16.5. The Bertz CT molecular complexity index is 1070. The van der Waals surface area contributed by atoms with Crippen LogP contribution in [0.25, 0.3) is 16.6 Å². The summed E-state index contributed by atoms with van der Waals surface area (Å²) in [6.45, 7) is 0.522. The van der Waals surface area contributed by atoms with Crippen LogP contribution in [0.3, 0.4) is 0 Å². The average Bonchev–Trinajstić information content (AvgIpc) is 3.10. The van der Waals surface area contributed by atoms with Crippen LogP contribution in [0.15, 0.2) is 85.1 Å². The van der Waals surface area contributed by atoms with Gasteiger partial charge < -0.3 is 14.4 Å². The summed E-state index contributed by atoms with van der Waals surface area (Å²) in [7, 11) is 0. The molecular formula is C22H17NO3. The van der Waals surface area contributed by atoms with E-state index in [2.05, 4.69) is 0 Å². The van der Waals surface area contributed by atoms with Gasteiger partial charge in [0, 0.05) is 17.3 Å². The molecule has 0 saturated carbocycles. The molecule has 0 aliphatic heterocycles. The molecule has 4 heteroatoms. The number of ether oxygens (including phenoxy) is 1. The molecule has 0 unspecified atom stereocenters. The molecule has 3 aromatic carbocycles. The predicted octanol–water partition coefficient (Wildman–Crippen LogP) is 4.91. The largest absolute Gasteiger partial charge is 0.489 e. The van der Waals surface area contributed by atoms with Crippen molar-refractivity contribution >= 4 is 16.9 Å². The lowest BCUT2D eigenvalue weighted by atomic mass is 10.2. The highest BCUT2D eigenvalue weighted by Gasteiger charge is 2.08. The molecule has 0 aliphatic rings. The lowest BCUT2D eigenvalue weighted by Crippen LogP contribution is -1.99. The summed E-state index contributed by atoms with van der Waals surface area (Å²) in [5.41, 5.74) is 3.21. The number of aromatic nitrogens is 1. The first-order valence-electron chi connectivity index (χ1n) is 8.32. The summed E-state index contributed by atoms with van der Waals surface area (Å²) < 4.78 is 7.85. The van der Waals surface area contributed by atoms with Crippen LogP contribution < -0.4 is 4.74 Å². The molecule has 0 fully saturated rings. The summed E-state index contributed by atoms with van der Waals surface area (Å²) in [5, 5.41) is 10.2.